The first kappa shape index (κ1) is 15.8. The van der Waals surface area contributed by atoms with Crippen molar-refractivity contribution in [2.24, 2.45) is 11.7 Å². The molecule has 2 rings (SSSR count). The Labute approximate surface area is 130 Å². The van der Waals surface area contributed by atoms with E-state index < -0.39 is 11.8 Å². The number of benzene rings is 1. The van der Waals surface area contributed by atoms with E-state index in [-0.39, 0.29) is 11.8 Å². The lowest BCUT2D eigenvalue weighted by atomic mass is 9.97. The third-order valence-electron chi connectivity index (χ3n) is 3.54. The van der Waals surface area contributed by atoms with Crippen LogP contribution in [0.2, 0.25) is 0 Å². The van der Waals surface area contributed by atoms with Crippen molar-refractivity contribution >= 4 is 27.9 Å². The number of likely N-dealkylation sites (tertiary alicyclic amines) is 1. The average Bonchev–Trinajstić information content (AvgIpc) is 2.47. The molecule has 21 heavy (non-hydrogen) atoms. The number of piperidine rings is 1. The second-order valence-electron chi connectivity index (χ2n) is 5.13. The Balaban J connectivity index is 2.01. The summed E-state index contributed by atoms with van der Waals surface area (Å²) in [6, 6.07) is 3.80. The summed E-state index contributed by atoms with van der Waals surface area (Å²) >= 11 is 3.07. The van der Waals surface area contributed by atoms with Crippen molar-refractivity contribution in [3.8, 4) is 0 Å². The SMILES string of the molecule is NC(=O)NCC1CCCN(C(=O)c2ccc(Br)c(F)c2)C1. The number of urea groups is 1. The van der Waals surface area contributed by atoms with Crippen LogP contribution in [0.1, 0.15) is 23.2 Å². The smallest absolute Gasteiger partial charge is 0.312 e. The van der Waals surface area contributed by atoms with Crippen molar-refractivity contribution in [3.05, 3.63) is 34.1 Å². The zero-order chi connectivity index (χ0) is 15.4. The van der Waals surface area contributed by atoms with E-state index in [1.54, 1.807) is 11.0 Å². The number of amides is 3. The zero-order valence-electron chi connectivity index (χ0n) is 11.4. The highest BCUT2D eigenvalue weighted by Crippen LogP contribution is 2.21. The van der Waals surface area contributed by atoms with Gasteiger partial charge < -0.3 is 16.0 Å². The van der Waals surface area contributed by atoms with Crippen LogP contribution in [0.3, 0.4) is 0 Å². The van der Waals surface area contributed by atoms with Crippen molar-refractivity contribution in [1.82, 2.24) is 10.2 Å². The van der Waals surface area contributed by atoms with Crippen LogP contribution in [0.25, 0.3) is 0 Å². The number of primary amides is 1. The molecule has 3 amide bonds. The van der Waals surface area contributed by atoms with Crippen LogP contribution in [-0.2, 0) is 0 Å². The highest BCUT2D eigenvalue weighted by Gasteiger charge is 2.25. The van der Waals surface area contributed by atoms with Crippen LogP contribution in [0.15, 0.2) is 22.7 Å². The van der Waals surface area contributed by atoms with Crippen molar-refractivity contribution in [1.29, 1.82) is 0 Å². The molecule has 1 aromatic carbocycles. The molecule has 0 spiro atoms. The maximum Gasteiger partial charge on any atom is 0.312 e. The van der Waals surface area contributed by atoms with Gasteiger partial charge in [-0.25, -0.2) is 9.18 Å². The molecule has 0 aromatic heterocycles. The third-order valence-corrected chi connectivity index (χ3v) is 4.18. The molecule has 1 fully saturated rings. The van der Waals surface area contributed by atoms with E-state index in [0.717, 1.165) is 12.8 Å². The molecule has 7 heteroatoms. The average molecular weight is 358 g/mol. The van der Waals surface area contributed by atoms with Gasteiger partial charge in [0, 0.05) is 25.2 Å². The molecule has 0 radical (unpaired) electrons. The molecule has 1 unspecified atom stereocenters. The lowest BCUT2D eigenvalue weighted by Gasteiger charge is -2.32. The molecule has 1 aromatic rings. The van der Waals surface area contributed by atoms with Gasteiger partial charge in [0.05, 0.1) is 4.47 Å². The van der Waals surface area contributed by atoms with Crippen LogP contribution >= 0.6 is 15.9 Å². The van der Waals surface area contributed by atoms with Gasteiger partial charge in [0.15, 0.2) is 0 Å². The zero-order valence-corrected chi connectivity index (χ0v) is 13.0. The van der Waals surface area contributed by atoms with Gasteiger partial charge in [-0.3, -0.25) is 4.79 Å². The minimum atomic E-state index is -0.562. The summed E-state index contributed by atoms with van der Waals surface area (Å²) in [5, 5.41) is 2.57. The van der Waals surface area contributed by atoms with Crippen molar-refractivity contribution < 1.29 is 14.0 Å². The van der Waals surface area contributed by atoms with Gasteiger partial charge in [-0.05, 0) is 52.9 Å². The Hall–Kier alpha value is -1.63. The van der Waals surface area contributed by atoms with E-state index in [1.807, 2.05) is 0 Å². The van der Waals surface area contributed by atoms with E-state index in [0.29, 0.717) is 29.7 Å². The molecule has 0 aliphatic carbocycles. The molecule has 1 aliphatic rings. The summed E-state index contributed by atoms with van der Waals surface area (Å²) in [4.78, 5) is 24.8. The van der Waals surface area contributed by atoms with E-state index in [9.17, 15) is 14.0 Å². The van der Waals surface area contributed by atoms with Gasteiger partial charge in [-0.15, -0.1) is 0 Å². The maximum atomic E-state index is 13.5. The predicted octanol–water partition coefficient (Wildman–Crippen LogP) is 2.11. The number of nitrogens with two attached hydrogens (primary N) is 1. The Kier molecular flexibility index (Phi) is 5.17. The monoisotopic (exact) mass is 357 g/mol. The largest absolute Gasteiger partial charge is 0.352 e. The van der Waals surface area contributed by atoms with Crippen LogP contribution < -0.4 is 11.1 Å². The third kappa shape index (κ3) is 4.17. The number of carbonyl (C=O) groups excluding carboxylic acids is 2. The maximum absolute atomic E-state index is 13.5. The van der Waals surface area contributed by atoms with Crippen molar-refractivity contribution in [2.75, 3.05) is 19.6 Å². The molecule has 114 valence electrons. The predicted molar refractivity (Wildman–Crippen MR) is 80.3 cm³/mol. The fourth-order valence-corrected chi connectivity index (χ4v) is 2.72. The van der Waals surface area contributed by atoms with Gasteiger partial charge in [-0.1, -0.05) is 0 Å². The molecule has 5 nitrogen and oxygen atoms in total. The number of nitrogens with one attached hydrogen (secondary N) is 1. The standard InChI is InChI=1S/C14H17BrFN3O2/c15-11-4-3-10(6-12(11)16)13(20)19-5-1-2-9(8-19)7-18-14(17)21/h3-4,6,9H,1-2,5,7-8H2,(H3,17,18,21). The number of nitrogens with zero attached hydrogens (tertiary/aromatic N) is 1. The summed E-state index contributed by atoms with van der Waals surface area (Å²) in [6.45, 7) is 1.63. The first-order valence-corrected chi connectivity index (χ1v) is 7.54. The van der Waals surface area contributed by atoms with Crippen LogP contribution in [0, 0.1) is 11.7 Å². The Bertz CT molecular complexity index is 553. The highest BCUT2D eigenvalue weighted by molar-refractivity contribution is 9.10. The highest BCUT2D eigenvalue weighted by atomic mass is 79.9. The summed E-state index contributed by atoms with van der Waals surface area (Å²) in [6.07, 6.45) is 1.79. The molecular weight excluding hydrogens is 341 g/mol. The van der Waals surface area contributed by atoms with E-state index in [1.165, 1.54) is 12.1 Å². The molecule has 1 saturated heterocycles. The first-order chi connectivity index (χ1) is 9.97. The normalized spacial score (nSPS) is 18.4. The summed E-state index contributed by atoms with van der Waals surface area (Å²) in [7, 11) is 0. The summed E-state index contributed by atoms with van der Waals surface area (Å²) in [5.74, 6) is -0.467. The number of halogens is 2. The second kappa shape index (κ2) is 6.89. The molecule has 1 heterocycles. The van der Waals surface area contributed by atoms with Gasteiger partial charge in [0.2, 0.25) is 0 Å². The first-order valence-electron chi connectivity index (χ1n) is 6.75. The number of hydrogen-bond acceptors (Lipinski definition) is 2. The topological polar surface area (TPSA) is 75.4 Å². The Morgan fingerprint density at radius 2 is 2.24 bits per heavy atom. The van der Waals surface area contributed by atoms with Crippen molar-refractivity contribution in [3.63, 3.8) is 0 Å². The molecule has 0 bridgehead atoms. The Morgan fingerprint density at radius 3 is 2.90 bits per heavy atom. The van der Waals surface area contributed by atoms with E-state index in [2.05, 4.69) is 21.2 Å². The number of hydrogen-bond donors (Lipinski definition) is 2. The van der Waals surface area contributed by atoms with Crippen LogP contribution in [-0.4, -0.2) is 36.5 Å². The van der Waals surface area contributed by atoms with Gasteiger partial charge in [0.25, 0.3) is 5.91 Å². The van der Waals surface area contributed by atoms with Gasteiger partial charge in [0.1, 0.15) is 5.82 Å². The number of rotatable bonds is 3. The lowest BCUT2D eigenvalue weighted by molar-refractivity contribution is 0.0674. The lowest BCUT2D eigenvalue weighted by Crippen LogP contribution is -2.44. The van der Waals surface area contributed by atoms with Gasteiger partial charge >= 0.3 is 6.03 Å². The van der Waals surface area contributed by atoms with E-state index >= 15 is 0 Å². The van der Waals surface area contributed by atoms with Crippen LogP contribution in [0.5, 0.6) is 0 Å². The molecule has 1 atom stereocenters. The molecular formula is C14H17BrFN3O2. The van der Waals surface area contributed by atoms with E-state index in [4.69, 9.17) is 5.73 Å². The minimum absolute atomic E-state index is 0.176. The fourth-order valence-electron chi connectivity index (χ4n) is 2.47. The summed E-state index contributed by atoms with van der Waals surface area (Å²) in [5.41, 5.74) is 5.38. The summed E-state index contributed by atoms with van der Waals surface area (Å²) < 4.78 is 13.8. The quantitative estimate of drug-likeness (QED) is 0.869. The molecule has 0 saturated carbocycles. The van der Waals surface area contributed by atoms with Gasteiger partial charge in [-0.2, -0.15) is 0 Å². The minimum Gasteiger partial charge on any atom is -0.352 e. The second-order valence-corrected chi connectivity index (χ2v) is 5.99. The molecule has 3 N–H and O–H groups in total. The van der Waals surface area contributed by atoms with Crippen molar-refractivity contribution in [2.45, 2.75) is 12.8 Å². The Morgan fingerprint density at radius 1 is 1.48 bits per heavy atom. The van der Waals surface area contributed by atoms with Crippen LogP contribution in [0.4, 0.5) is 9.18 Å². The number of carbonyl (C=O) groups is 2. The fraction of sp³-hybridized carbons (Fsp3) is 0.429. The molecule has 1 aliphatic heterocycles.